The molecule has 2 aliphatic heterocycles. The van der Waals surface area contributed by atoms with Gasteiger partial charge in [-0.3, -0.25) is 0 Å². The average Bonchev–Trinajstić information content (AvgIpc) is 2.68. The third-order valence-corrected chi connectivity index (χ3v) is 4.75. The second-order valence-corrected chi connectivity index (χ2v) is 6.83. The molecular formula is C17H26N2O. The van der Waals surface area contributed by atoms with Gasteiger partial charge in [0.05, 0.1) is 6.04 Å². The summed E-state index contributed by atoms with van der Waals surface area (Å²) in [5.41, 5.74) is 1.15. The Morgan fingerprint density at radius 3 is 2.70 bits per heavy atom. The molecule has 2 heterocycles. The summed E-state index contributed by atoms with van der Waals surface area (Å²) in [4.78, 5) is 2.43. The minimum absolute atomic E-state index is 0.158. The molecule has 2 aliphatic rings. The molecule has 3 nitrogen and oxygen atoms in total. The summed E-state index contributed by atoms with van der Waals surface area (Å²) >= 11 is 0. The minimum Gasteiger partial charge on any atom is -0.486 e. The fraction of sp³-hybridized carbons (Fsp3) is 0.647. The van der Waals surface area contributed by atoms with Gasteiger partial charge in [0.15, 0.2) is 0 Å². The number of likely N-dealkylation sites (tertiary alicyclic amines) is 1. The van der Waals surface area contributed by atoms with Crippen LogP contribution in [0.25, 0.3) is 0 Å². The number of piperidine rings is 1. The van der Waals surface area contributed by atoms with Gasteiger partial charge >= 0.3 is 0 Å². The average molecular weight is 274 g/mol. The molecule has 20 heavy (non-hydrogen) atoms. The molecule has 1 atom stereocenters. The van der Waals surface area contributed by atoms with E-state index in [0.29, 0.717) is 6.04 Å². The maximum absolute atomic E-state index is 6.09. The van der Waals surface area contributed by atoms with E-state index in [1.54, 1.807) is 0 Å². The van der Waals surface area contributed by atoms with E-state index >= 15 is 0 Å². The number of benzene rings is 1. The number of ether oxygens (including phenoxy) is 1. The Morgan fingerprint density at radius 1 is 1.25 bits per heavy atom. The van der Waals surface area contributed by atoms with Crippen molar-refractivity contribution in [2.24, 2.45) is 5.92 Å². The van der Waals surface area contributed by atoms with E-state index in [2.05, 4.69) is 49.3 Å². The highest BCUT2D eigenvalue weighted by molar-refractivity contribution is 5.42. The first kappa shape index (κ1) is 13.9. The van der Waals surface area contributed by atoms with Crippen molar-refractivity contribution in [2.75, 3.05) is 26.7 Å². The number of fused-ring (bicyclic) bond motifs is 1. The first-order valence-electron chi connectivity index (χ1n) is 7.76. The molecular weight excluding hydrogens is 248 g/mol. The zero-order valence-corrected chi connectivity index (χ0v) is 12.9. The normalized spacial score (nSPS) is 26.2. The maximum Gasteiger partial charge on any atom is 0.125 e. The van der Waals surface area contributed by atoms with Crippen LogP contribution in [0.5, 0.6) is 5.75 Å². The summed E-state index contributed by atoms with van der Waals surface area (Å²) in [6.45, 7) is 7.92. The van der Waals surface area contributed by atoms with Crippen LogP contribution in [-0.4, -0.2) is 37.2 Å². The Balaban J connectivity index is 1.64. The molecule has 110 valence electrons. The second kappa shape index (κ2) is 5.38. The summed E-state index contributed by atoms with van der Waals surface area (Å²) in [6.07, 6.45) is 2.61. The number of nitrogens with one attached hydrogen (secondary N) is 1. The molecule has 3 heteroatoms. The van der Waals surface area contributed by atoms with Gasteiger partial charge in [-0.05, 0) is 65.4 Å². The van der Waals surface area contributed by atoms with Gasteiger partial charge in [0.25, 0.3) is 0 Å². The highest BCUT2D eigenvalue weighted by Gasteiger charge is 2.40. The minimum atomic E-state index is -0.158. The number of rotatable bonds is 3. The zero-order chi connectivity index (χ0) is 14.2. The molecule has 0 saturated carbocycles. The number of hydrogen-bond acceptors (Lipinski definition) is 3. The van der Waals surface area contributed by atoms with E-state index < -0.39 is 0 Å². The molecule has 1 aromatic carbocycles. The standard InChI is InChI=1S/C17H26N2O/c1-17(2)16(14-6-4-5-7-15(14)20-17)18-12-13-8-10-19(3)11-9-13/h4-7,13,16,18H,8-12H2,1-3H3. The van der Waals surface area contributed by atoms with Crippen LogP contribution in [0, 0.1) is 5.92 Å². The van der Waals surface area contributed by atoms with Gasteiger partial charge in [-0.15, -0.1) is 0 Å². The molecule has 3 rings (SSSR count). The molecule has 0 bridgehead atoms. The third kappa shape index (κ3) is 2.70. The number of hydrogen-bond donors (Lipinski definition) is 1. The van der Waals surface area contributed by atoms with Crippen LogP contribution in [0.2, 0.25) is 0 Å². The van der Waals surface area contributed by atoms with Crippen molar-refractivity contribution in [2.45, 2.75) is 38.3 Å². The fourth-order valence-corrected chi connectivity index (χ4v) is 3.44. The predicted octanol–water partition coefficient (Wildman–Crippen LogP) is 2.83. The lowest BCUT2D eigenvalue weighted by Gasteiger charge is -2.32. The van der Waals surface area contributed by atoms with Gasteiger partial charge < -0.3 is 15.0 Å². The molecule has 0 spiro atoms. The van der Waals surface area contributed by atoms with Gasteiger partial charge in [-0.2, -0.15) is 0 Å². The first-order chi connectivity index (χ1) is 9.56. The van der Waals surface area contributed by atoms with E-state index in [-0.39, 0.29) is 5.60 Å². The third-order valence-electron chi connectivity index (χ3n) is 4.75. The maximum atomic E-state index is 6.09. The van der Waals surface area contributed by atoms with E-state index in [1.165, 1.54) is 31.5 Å². The number of para-hydroxylation sites is 1. The van der Waals surface area contributed by atoms with Crippen molar-refractivity contribution < 1.29 is 4.74 Å². The molecule has 0 radical (unpaired) electrons. The smallest absolute Gasteiger partial charge is 0.125 e. The lowest BCUT2D eigenvalue weighted by atomic mass is 9.92. The van der Waals surface area contributed by atoms with E-state index in [0.717, 1.165) is 18.2 Å². The van der Waals surface area contributed by atoms with E-state index in [1.807, 2.05) is 6.07 Å². The molecule has 1 N–H and O–H groups in total. The van der Waals surface area contributed by atoms with Crippen LogP contribution in [0.15, 0.2) is 24.3 Å². The Morgan fingerprint density at radius 2 is 1.95 bits per heavy atom. The van der Waals surface area contributed by atoms with Crippen LogP contribution >= 0.6 is 0 Å². The summed E-state index contributed by atoms with van der Waals surface area (Å²) < 4.78 is 6.09. The van der Waals surface area contributed by atoms with Crippen LogP contribution in [0.1, 0.15) is 38.3 Å². The summed E-state index contributed by atoms with van der Waals surface area (Å²) in [5, 5.41) is 3.77. The predicted molar refractivity (Wildman–Crippen MR) is 82.1 cm³/mol. The van der Waals surface area contributed by atoms with Gasteiger partial charge in [-0.1, -0.05) is 18.2 Å². The quantitative estimate of drug-likeness (QED) is 0.917. The Kier molecular flexibility index (Phi) is 3.74. The van der Waals surface area contributed by atoms with Gasteiger partial charge in [0.2, 0.25) is 0 Å². The van der Waals surface area contributed by atoms with Crippen LogP contribution in [0.4, 0.5) is 0 Å². The highest BCUT2D eigenvalue weighted by Crippen LogP contribution is 2.42. The van der Waals surface area contributed by atoms with Gasteiger partial charge in [0, 0.05) is 5.56 Å². The van der Waals surface area contributed by atoms with Crippen molar-refractivity contribution in [1.82, 2.24) is 10.2 Å². The summed E-state index contributed by atoms with van der Waals surface area (Å²) in [6, 6.07) is 8.73. The van der Waals surface area contributed by atoms with Gasteiger partial charge in [-0.25, -0.2) is 0 Å². The monoisotopic (exact) mass is 274 g/mol. The Labute approximate surface area is 122 Å². The zero-order valence-electron chi connectivity index (χ0n) is 12.9. The summed E-state index contributed by atoms with van der Waals surface area (Å²) in [7, 11) is 2.22. The molecule has 1 unspecified atom stereocenters. The second-order valence-electron chi connectivity index (χ2n) is 6.83. The van der Waals surface area contributed by atoms with Crippen molar-refractivity contribution in [3.63, 3.8) is 0 Å². The molecule has 1 fully saturated rings. The Bertz CT molecular complexity index is 464. The molecule has 1 saturated heterocycles. The van der Waals surface area contributed by atoms with Crippen LogP contribution < -0.4 is 10.1 Å². The fourth-order valence-electron chi connectivity index (χ4n) is 3.44. The van der Waals surface area contributed by atoms with Crippen molar-refractivity contribution >= 4 is 0 Å². The van der Waals surface area contributed by atoms with Crippen LogP contribution in [-0.2, 0) is 0 Å². The molecule has 1 aromatic rings. The lowest BCUT2D eigenvalue weighted by Crippen LogP contribution is -2.42. The highest BCUT2D eigenvalue weighted by atomic mass is 16.5. The van der Waals surface area contributed by atoms with Crippen molar-refractivity contribution in [3.05, 3.63) is 29.8 Å². The molecule has 0 aromatic heterocycles. The lowest BCUT2D eigenvalue weighted by molar-refractivity contribution is 0.0919. The number of nitrogens with zero attached hydrogens (tertiary/aromatic N) is 1. The first-order valence-corrected chi connectivity index (χ1v) is 7.76. The van der Waals surface area contributed by atoms with E-state index in [9.17, 15) is 0 Å². The van der Waals surface area contributed by atoms with Gasteiger partial charge in [0.1, 0.15) is 11.4 Å². The topological polar surface area (TPSA) is 24.5 Å². The SMILES string of the molecule is CN1CCC(CNC2c3ccccc3OC2(C)C)CC1. The van der Waals surface area contributed by atoms with Crippen molar-refractivity contribution in [3.8, 4) is 5.75 Å². The molecule has 0 aliphatic carbocycles. The van der Waals surface area contributed by atoms with Crippen molar-refractivity contribution in [1.29, 1.82) is 0 Å². The Hall–Kier alpha value is -1.06. The molecule has 0 amide bonds. The van der Waals surface area contributed by atoms with E-state index in [4.69, 9.17) is 4.74 Å². The summed E-state index contributed by atoms with van der Waals surface area (Å²) in [5.74, 6) is 1.84. The largest absolute Gasteiger partial charge is 0.486 e. The van der Waals surface area contributed by atoms with Crippen LogP contribution in [0.3, 0.4) is 0 Å².